The zero-order valence-electron chi connectivity index (χ0n) is 21.1. The molecule has 2 nitrogen and oxygen atoms in total. The van der Waals surface area contributed by atoms with Crippen LogP contribution in [0.5, 0.6) is 0 Å². The van der Waals surface area contributed by atoms with Gasteiger partial charge in [-0.2, -0.15) is 0 Å². The minimum atomic E-state index is 0. The van der Waals surface area contributed by atoms with E-state index in [1.807, 2.05) is 6.21 Å². The normalized spacial score (nSPS) is 12.1. The molecule has 0 unspecified atom stereocenters. The van der Waals surface area contributed by atoms with Crippen molar-refractivity contribution < 1.29 is 16.5 Å². The van der Waals surface area contributed by atoms with Crippen LogP contribution in [0.15, 0.2) is 46.4 Å². The predicted molar refractivity (Wildman–Crippen MR) is 138 cm³/mol. The first-order valence-electron chi connectivity index (χ1n) is 11.0. The molecule has 2 rings (SSSR count). The van der Waals surface area contributed by atoms with Gasteiger partial charge in [0.05, 0.1) is 17.1 Å². The molecule has 0 spiro atoms. The first-order valence-corrected chi connectivity index (χ1v) is 11.0. The van der Waals surface area contributed by atoms with Crippen LogP contribution in [0.25, 0.3) is 0 Å². The molecule has 0 N–H and O–H groups in total. The molecule has 0 saturated carbocycles. The molecule has 2 aromatic carbocycles. The standard InChI is InChI=1S/C27H38N2.CH3.Ni.H/c1-17(2)22-12-10-13-23(18(3)4)26(22)28-16-21(9)29-27-24(19(5)6)14-11-15-25(27)20(7)8;;;/h10-20H,1-9H3;1H3;;/q;-1;;. The Morgan fingerprint density at radius 2 is 0.968 bits per heavy atom. The molecule has 0 amide bonds. The van der Waals surface area contributed by atoms with E-state index in [0.717, 1.165) is 17.1 Å². The van der Waals surface area contributed by atoms with Gasteiger partial charge >= 0.3 is 16.5 Å². The molecule has 3 heteroatoms. The van der Waals surface area contributed by atoms with Gasteiger partial charge in [0.15, 0.2) is 0 Å². The van der Waals surface area contributed by atoms with E-state index < -0.39 is 0 Å². The van der Waals surface area contributed by atoms with Gasteiger partial charge in [0.1, 0.15) is 0 Å². The third-order valence-corrected chi connectivity index (χ3v) is 5.35. The second-order valence-electron chi connectivity index (χ2n) is 9.20. The van der Waals surface area contributed by atoms with Crippen LogP contribution in [-0.4, -0.2) is 11.9 Å². The Labute approximate surface area is 201 Å². The first kappa shape index (κ1) is 29.3. The van der Waals surface area contributed by atoms with Crippen molar-refractivity contribution in [3.05, 3.63) is 66.1 Å². The fraction of sp³-hybridized carbons (Fsp3) is 0.464. The fourth-order valence-corrected chi connectivity index (χ4v) is 3.66. The Kier molecular flexibility index (Phi) is 12.2. The summed E-state index contributed by atoms with van der Waals surface area (Å²) in [6, 6.07) is 13.1. The Hall–Kier alpha value is -1.73. The summed E-state index contributed by atoms with van der Waals surface area (Å²) in [7, 11) is 0. The van der Waals surface area contributed by atoms with Crippen molar-refractivity contribution in [2.24, 2.45) is 9.98 Å². The summed E-state index contributed by atoms with van der Waals surface area (Å²) in [5.74, 6) is 1.75. The molecule has 2 aromatic rings. The van der Waals surface area contributed by atoms with E-state index in [0.29, 0.717) is 23.7 Å². The molecule has 0 atom stereocenters. The summed E-state index contributed by atoms with van der Waals surface area (Å²) in [4.78, 5) is 9.97. The molecule has 175 valence electrons. The van der Waals surface area contributed by atoms with Crippen LogP contribution in [-0.2, 0) is 16.5 Å². The summed E-state index contributed by atoms with van der Waals surface area (Å²) in [5.41, 5.74) is 8.35. The minimum absolute atomic E-state index is 0. The van der Waals surface area contributed by atoms with E-state index >= 15 is 0 Å². The number of hydrogen-bond acceptors (Lipinski definition) is 2. The van der Waals surface area contributed by atoms with Crippen molar-refractivity contribution in [2.75, 3.05) is 0 Å². The third-order valence-electron chi connectivity index (χ3n) is 5.35. The summed E-state index contributed by atoms with van der Waals surface area (Å²) in [5, 5.41) is 0. The van der Waals surface area contributed by atoms with Crippen molar-refractivity contribution in [3.63, 3.8) is 0 Å². The Bertz CT molecular complexity index is 837. The maximum atomic E-state index is 5.03. The first-order chi connectivity index (χ1) is 13.6. The Morgan fingerprint density at radius 3 is 1.29 bits per heavy atom. The molecular formula is C28H42N2Ni-. The zero-order valence-corrected chi connectivity index (χ0v) is 22.1. The van der Waals surface area contributed by atoms with Crippen molar-refractivity contribution in [1.82, 2.24) is 0 Å². The van der Waals surface area contributed by atoms with Gasteiger partial charge in [-0.15, -0.1) is 0 Å². The van der Waals surface area contributed by atoms with Crippen LogP contribution in [0.1, 0.15) is 108 Å². The van der Waals surface area contributed by atoms with Crippen LogP contribution in [0.3, 0.4) is 0 Å². The van der Waals surface area contributed by atoms with E-state index in [1.54, 1.807) is 0 Å². The molecule has 0 fully saturated rings. The number of para-hydroxylation sites is 2. The quantitative estimate of drug-likeness (QED) is 0.222. The Balaban J connectivity index is 0.00000450. The number of aliphatic imine (C=N–C) groups is 2. The molecular weight excluding hydrogens is 423 g/mol. The molecule has 0 heterocycles. The van der Waals surface area contributed by atoms with Crippen molar-refractivity contribution in [3.8, 4) is 0 Å². The molecule has 0 aliphatic carbocycles. The maximum absolute atomic E-state index is 5.03. The van der Waals surface area contributed by atoms with Crippen molar-refractivity contribution >= 4 is 23.3 Å². The monoisotopic (exact) mass is 464 g/mol. The summed E-state index contributed by atoms with van der Waals surface area (Å²) < 4.78 is 0. The summed E-state index contributed by atoms with van der Waals surface area (Å²) in [6.45, 7) is 19.9. The molecule has 0 radical (unpaired) electrons. The molecule has 0 saturated heterocycles. The SMILES string of the molecule is CC(C=Nc1c(C(C)C)cccc1C(C)C)=Nc1c(C(C)C)cccc1C(C)C.[CH3-].[NiH]. The van der Waals surface area contributed by atoms with Gasteiger partial charge in [0.2, 0.25) is 0 Å². The van der Waals surface area contributed by atoms with Crippen molar-refractivity contribution in [1.29, 1.82) is 0 Å². The summed E-state index contributed by atoms with van der Waals surface area (Å²) >= 11 is 0. The van der Waals surface area contributed by atoms with E-state index in [2.05, 4.69) is 98.7 Å². The van der Waals surface area contributed by atoms with Gasteiger partial charge in [-0.25, -0.2) is 0 Å². The molecule has 31 heavy (non-hydrogen) atoms. The van der Waals surface area contributed by atoms with Gasteiger partial charge in [-0.3, -0.25) is 9.98 Å². The number of benzene rings is 2. The fourth-order valence-electron chi connectivity index (χ4n) is 3.66. The zero-order chi connectivity index (χ0) is 21.7. The molecule has 0 aliphatic rings. The molecule has 0 aromatic heterocycles. The van der Waals surface area contributed by atoms with E-state index in [4.69, 9.17) is 9.98 Å². The number of nitrogens with zero attached hydrogens (tertiary/aromatic N) is 2. The second kappa shape index (κ2) is 13.0. The summed E-state index contributed by atoms with van der Waals surface area (Å²) in [6.07, 6.45) is 1.94. The van der Waals surface area contributed by atoms with Gasteiger partial charge < -0.3 is 7.43 Å². The van der Waals surface area contributed by atoms with E-state index in [1.165, 1.54) is 22.3 Å². The number of rotatable bonds is 7. The molecule has 0 aliphatic heterocycles. The van der Waals surface area contributed by atoms with Gasteiger partial charge in [-0.1, -0.05) is 91.8 Å². The van der Waals surface area contributed by atoms with Gasteiger partial charge in [0, 0.05) is 6.21 Å². The van der Waals surface area contributed by atoms with Crippen molar-refractivity contribution in [2.45, 2.75) is 86.0 Å². The topological polar surface area (TPSA) is 24.7 Å². The average Bonchev–Trinajstić information content (AvgIpc) is 2.65. The average molecular weight is 465 g/mol. The second-order valence-corrected chi connectivity index (χ2v) is 9.20. The van der Waals surface area contributed by atoms with Crippen LogP contribution < -0.4 is 0 Å². The third kappa shape index (κ3) is 7.42. The van der Waals surface area contributed by atoms with Crippen LogP contribution in [0.4, 0.5) is 11.4 Å². The van der Waals surface area contributed by atoms with E-state index in [9.17, 15) is 0 Å². The van der Waals surface area contributed by atoms with Gasteiger partial charge in [-0.05, 0) is 52.8 Å². The van der Waals surface area contributed by atoms with Gasteiger partial charge in [0.25, 0.3) is 0 Å². The predicted octanol–water partition coefficient (Wildman–Crippen LogP) is 8.86. The van der Waals surface area contributed by atoms with E-state index in [-0.39, 0.29) is 23.9 Å². The van der Waals surface area contributed by atoms with Crippen LogP contribution in [0, 0.1) is 7.43 Å². The molecule has 0 bridgehead atoms. The van der Waals surface area contributed by atoms with Crippen LogP contribution >= 0.6 is 0 Å². The number of hydrogen-bond donors (Lipinski definition) is 0. The van der Waals surface area contributed by atoms with Crippen LogP contribution in [0.2, 0.25) is 0 Å². The Morgan fingerprint density at radius 1 is 0.645 bits per heavy atom.